The van der Waals surface area contributed by atoms with Gasteiger partial charge in [-0.25, -0.2) is 4.79 Å². The number of nitrogens with one attached hydrogen (secondary N) is 1. The van der Waals surface area contributed by atoms with Gasteiger partial charge in [-0.3, -0.25) is 4.90 Å². The summed E-state index contributed by atoms with van der Waals surface area (Å²) in [5, 5.41) is 3.31. The lowest BCUT2D eigenvalue weighted by Crippen LogP contribution is -2.60. The molecule has 21 heavy (non-hydrogen) atoms. The first-order valence-electron chi connectivity index (χ1n) is 8.23. The van der Waals surface area contributed by atoms with Gasteiger partial charge in [-0.05, 0) is 59.8 Å². The molecule has 0 radical (unpaired) electrons. The van der Waals surface area contributed by atoms with Crippen molar-refractivity contribution in [3.63, 3.8) is 0 Å². The number of hydrogen-bond acceptors (Lipinski definition) is 5. The number of likely N-dealkylation sites (N-methyl/N-ethyl adjacent to an activating group) is 2. The van der Waals surface area contributed by atoms with E-state index in [1.165, 1.54) is 0 Å². The Morgan fingerprint density at radius 2 is 1.90 bits per heavy atom. The Bertz CT molecular complexity index is 319. The van der Waals surface area contributed by atoms with Crippen LogP contribution in [0.1, 0.15) is 33.1 Å². The molecule has 5 nitrogen and oxygen atoms in total. The smallest absolute Gasteiger partial charge is 0.327 e. The SMILES string of the molecule is CCCN(CCN(C)C)CC(NC)(C(=O)OCC)C1CC1. The average molecular weight is 299 g/mol. The molecule has 1 fully saturated rings. The van der Waals surface area contributed by atoms with E-state index < -0.39 is 5.54 Å². The fourth-order valence-electron chi connectivity index (χ4n) is 2.86. The van der Waals surface area contributed by atoms with E-state index in [1.807, 2.05) is 14.0 Å². The highest BCUT2D eigenvalue weighted by atomic mass is 16.5. The van der Waals surface area contributed by atoms with Gasteiger partial charge in [0.15, 0.2) is 0 Å². The molecule has 0 spiro atoms. The highest BCUT2D eigenvalue weighted by Gasteiger charge is 2.51. The highest BCUT2D eigenvalue weighted by molar-refractivity contribution is 5.82. The van der Waals surface area contributed by atoms with Crippen LogP contribution >= 0.6 is 0 Å². The van der Waals surface area contributed by atoms with E-state index >= 15 is 0 Å². The van der Waals surface area contributed by atoms with Gasteiger partial charge < -0.3 is 15.0 Å². The van der Waals surface area contributed by atoms with Crippen LogP contribution in [0.3, 0.4) is 0 Å². The van der Waals surface area contributed by atoms with Crippen molar-refractivity contribution in [2.75, 3.05) is 53.9 Å². The second-order valence-corrected chi connectivity index (χ2v) is 6.30. The summed E-state index contributed by atoms with van der Waals surface area (Å²) in [4.78, 5) is 17.1. The van der Waals surface area contributed by atoms with Crippen molar-refractivity contribution in [1.82, 2.24) is 15.1 Å². The van der Waals surface area contributed by atoms with Crippen LogP contribution in [0.5, 0.6) is 0 Å². The number of carbonyl (C=O) groups is 1. The van der Waals surface area contributed by atoms with Crippen LogP contribution in [0, 0.1) is 5.92 Å². The summed E-state index contributed by atoms with van der Waals surface area (Å²) in [7, 11) is 6.06. The maximum atomic E-state index is 12.5. The zero-order valence-electron chi connectivity index (χ0n) is 14.4. The molecule has 1 unspecified atom stereocenters. The molecule has 1 aliphatic carbocycles. The lowest BCUT2D eigenvalue weighted by molar-refractivity contribution is -0.153. The van der Waals surface area contributed by atoms with E-state index in [2.05, 4.69) is 36.1 Å². The Morgan fingerprint density at radius 3 is 2.33 bits per heavy atom. The Hall–Kier alpha value is -0.650. The van der Waals surface area contributed by atoms with Gasteiger partial charge in [0.2, 0.25) is 0 Å². The monoisotopic (exact) mass is 299 g/mol. The average Bonchev–Trinajstić information content (AvgIpc) is 3.27. The Balaban J connectivity index is 2.78. The van der Waals surface area contributed by atoms with Crippen LogP contribution in [0.15, 0.2) is 0 Å². The summed E-state index contributed by atoms with van der Waals surface area (Å²) in [6, 6.07) is 0. The van der Waals surface area contributed by atoms with Crippen molar-refractivity contribution in [3.05, 3.63) is 0 Å². The molecule has 0 heterocycles. The van der Waals surface area contributed by atoms with Crippen LogP contribution in [-0.4, -0.2) is 75.2 Å². The van der Waals surface area contributed by atoms with Crippen LogP contribution in [-0.2, 0) is 9.53 Å². The van der Waals surface area contributed by atoms with Crippen molar-refractivity contribution >= 4 is 5.97 Å². The molecule has 1 aliphatic rings. The molecule has 1 N–H and O–H groups in total. The van der Waals surface area contributed by atoms with Gasteiger partial charge in [0.1, 0.15) is 5.54 Å². The number of esters is 1. The third-order valence-corrected chi connectivity index (χ3v) is 4.24. The van der Waals surface area contributed by atoms with Crippen molar-refractivity contribution in [2.45, 2.75) is 38.6 Å². The minimum absolute atomic E-state index is 0.0824. The van der Waals surface area contributed by atoms with Crippen LogP contribution < -0.4 is 5.32 Å². The molecule has 0 aliphatic heterocycles. The summed E-state index contributed by atoms with van der Waals surface area (Å²) in [5.41, 5.74) is -0.530. The molecule has 0 bridgehead atoms. The Kier molecular flexibility index (Phi) is 7.63. The minimum atomic E-state index is -0.530. The fourth-order valence-corrected chi connectivity index (χ4v) is 2.86. The molecule has 124 valence electrons. The topological polar surface area (TPSA) is 44.8 Å². The summed E-state index contributed by atoms with van der Waals surface area (Å²) in [5.74, 6) is 0.334. The van der Waals surface area contributed by atoms with Crippen molar-refractivity contribution in [1.29, 1.82) is 0 Å². The largest absolute Gasteiger partial charge is 0.465 e. The molecule has 1 atom stereocenters. The van der Waals surface area contributed by atoms with Gasteiger partial charge in [0.05, 0.1) is 6.61 Å². The third-order valence-electron chi connectivity index (χ3n) is 4.24. The minimum Gasteiger partial charge on any atom is -0.465 e. The zero-order valence-corrected chi connectivity index (χ0v) is 14.4. The number of carbonyl (C=O) groups excluding carboxylic acids is 1. The summed E-state index contributed by atoms with van der Waals surface area (Å²) < 4.78 is 5.37. The van der Waals surface area contributed by atoms with E-state index in [-0.39, 0.29) is 5.97 Å². The predicted octanol–water partition coefficient (Wildman–Crippen LogP) is 1.19. The second kappa shape index (κ2) is 8.71. The molecular weight excluding hydrogens is 266 g/mol. The van der Waals surface area contributed by atoms with Crippen LogP contribution in [0.2, 0.25) is 0 Å². The van der Waals surface area contributed by atoms with Gasteiger partial charge in [0, 0.05) is 19.6 Å². The molecule has 0 aromatic heterocycles. The quantitative estimate of drug-likeness (QED) is 0.581. The molecule has 0 amide bonds. The van der Waals surface area contributed by atoms with Gasteiger partial charge in [-0.1, -0.05) is 6.92 Å². The summed E-state index contributed by atoms with van der Waals surface area (Å²) >= 11 is 0. The maximum absolute atomic E-state index is 12.5. The van der Waals surface area contributed by atoms with Crippen LogP contribution in [0.4, 0.5) is 0 Å². The fraction of sp³-hybridized carbons (Fsp3) is 0.938. The van der Waals surface area contributed by atoms with E-state index in [9.17, 15) is 4.79 Å². The Morgan fingerprint density at radius 1 is 1.24 bits per heavy atom. The zero-order chi connectivity index (χ0) is 15.9. The predicted molar refractivity (Wildman–Crippen MR) is 86.4 cm³/mol. The van der Waals surface area contributed by atoms with Gasteiger partial charge >= 0.3 is 5.97 Å². The third kappa shape index (κ3) is 5.24. The van der Waals surface area contributed by atoms with E-state index in [0.29, 0.717) is 12.5 Å². The number of rotatable bonds is 11. The molecule has 0 aromatic rings. The van der Waals surface area contributed by atoms with E-state index in [4.69, 9.17) is 4.74 Å². The maximum Gasteiger partial charge on any atom is 0.327 e. The van der Waals surface area contributed by atoms with Gasteiger partial charge in [-0.15, -0.1) is 0 Å². The summed E-state index contributed by atoms with van der Waals surface area (Å²) in [6.07, 6.45) is 3.33. The lowest BCUT2D eigenvalue weighted by atomic mass is 9.92. The normalized spacial score (nSPS) is 18.0. The van der Waals surface area contributed by atoms with Crippen molar-refractivity contribution in [2.24, 2.45) is 5.92 Å². The van der Waals surface area contributed by atoms with Crippen molar-refractivity contribution < 1.29 is 9.53 Å². The lowest BCUT2D eigenvalue weighted by Gasteiger charge is -2.37. The van der Waals surface area contributed by atoms with Gasteiger partial charge in [-0.2, -0.15) is 0 Å². The summed E-state index contributed by atoms with van der Waals surface area (Å²) in [6.45, 7) is 8.26. The van der Waals surface area contributed by atoms with E-state index in [0.717, 1.165) is 45.4 Å². The Labute approximate surface area is 130 Å². The first kappa shape index (κ1) is 18.4. The first-order valence-corrected chi connectivity index (χ1v) is 8.23. The molecule has 1 saturated carbocycles. The number of hydrogen-bond donors (Lipinski definition) is 1. The first-order chi connectivity index (χ1) is 10.00. The molecule has 5 heteroatoms. The molecule has 0 aromatic carbocycles. The number of ether oxygens (including phenoxy) is 1. The number of nitrogens with zero attached hydrogens (tertiary/aromatic N) is 2. The van der Waals surface area contributed by atoms with E-state index in [1.54, 1.807) is 0 Å². The molecule has 1 rings (SSSR count). The van der Waals surface area contributed by atoms with Crippen LogP contribution in [0.25, 0.3) is 0 Å². The standard InChI is InChI=1S/C16H33N3O2/c1-6-10-19(12-11-18(4)5)13-16(17-3,14-8-9-14)15(20)21-7-2/h14,17H,6-13H2,1-5H3. The highest BCUT2D eigenvalue weighted by Crippen LogP contribution is 2.41. The molecular formula is C16H33N3O2. The molecule has 0 saturated heterocycles. The van der Waals surface area contributed by atoms with Gasteiger partial charge in [0.25, 0.3) is 0 Å². The van der Waals surface area contributed by atoms with Crippen molar-refractivity contribution in [3.8, 4) is 0 Å². The second-order valence-electron chi connectivity index (χ2n) is 6.30.